The zero-order chi connectivity index (χ0) is 20.2. The molecule has 1 saturated heterocycles. The van der Waals surface area contributed by atoms with Crippen LogP contribution in [-0.4, -0.2) is 42.3 Å². The van der Waals surface area contributed by atoms with Gasteiger partial charge in [0, 0.05) is 37.4 Å². The Bertz CT molecular complexity index is 980. The molecule has 1 N–H and O–H groups in total. The van der Waals surface area contributed by atoms with E-state index in [9.17, 15) is 4.79 Å². The van der Waals surface area contributed by atoms with Crippen molar-refractivity contribution in [2.24, 2.45) is 0 Å². The highest BCUT2D eigenvalue weighted by molar-refractivity contribution is 6.03. The van der Waals surface area contributed by atoms with Crippen LogP contribution in [0.15, 0.2) is 60.7 Å². The summed E-state index contributed by atoms with van der Waals surface area (Å²) in [5, 5.41) is 11.3. The lowest BCUT2D eigenvalue weighted by molar-refractivity contribution is 0.102. The van der Waals surface area contributed by atoms with Gasteiger partial charge in [-0.05, 0) is 61.4 Å². The number of carbonyl (C=O) groups is 1. The summed E-state index contributed by atoms with van der Waals surface area (Å²) in [4.78, 5) is 17.0. The van der Waals surface area contributed by atoms with Crippen molar-refractivity contribution in [3.63, 3.8) is 0 Å². The molecule has 3 aromatic rings. The number of nitrogens with one attached hydrogen (secondary N) is 1. The van der Waals surface area contributed by atoms with Crippen molar-refractivity contribution in [3.05, 3.63) is 77.4 Å². The summed E-state index contributed by atoms with van der Waals surface area (Å²) in [6, 6.07) is 19.8. The van der Waals surface area contributed by atoms with Crippen LogP contribution < -0.4 is 15.1 Å². The zero-order valence-electron chi connectivity index (χ0n) is 16.8. The van der Waals surface area contributed by atoms with Gasteiger partial charge in [0.05, 0.1) is 0 Å². The fourth-order valence-corrected chi connectivity index (χ4v) is 3.46. The molecular weight excluding hydrogens is 362 g/mol. The van der Waals surface area contributed by atoms with Crippen molar-refractivity contribution in [1.29, 1.82) is 0 Å². The van der Waals surface area contributed by atoms with Gasteiger partial charge in [0.2, 0.25) is 0 Å². The molecule has 1 fully saturated rings. The van der Waals surface area contributed by atoms with Crippen LogP contribution in [0.1, 0.15) is 21.5 Å². The van der Waals surface area contributed by atoms with E-state index in [1.165, 1.54) is 5.69 Å². The summed E-state index contributed by atoms with van der Waals surface area (Å²) in [6.07, 6.45) is 0. The lowest BCUT2D eigenvalue weighted by Crippen LogP contribution is -2.46. The first-order chi connectivity index (χ1) is 14.1. The number of hydrogen-bond acceptors (Lipinski definition) is 5. The van der Waals surface area contributed by atoms with Crippen LogP contribution in [0.2, 0.25) is 0 Å². The molecule has 148 valence electrons. The average Bonchev–Trinajstić information content (AvgIpc) is 2.77. The standard InChI is InChI=1S/C23H25N5O/c1-17-8-9-19(16-18(17)2)23(29)24-21-10-11-22(26-25-21)28-14-12-27(13-15-28)20-6-4-3-5-7-20/h3-11,16H,12-15H2,1-2H3,(H,24,25,29). The van der Waals surface area contributed by atoms with Crippen molar-refractivity contribution in [2.45, 2.75) is 13.8 Å². The van der Waals surface area contributed by atoms with Gasteiger partial charge in [-0.2, -0.15) is 0 Å². The molecule has 0 unspecified atom stereocenters. The molecule has 4 rings (SSSR count). The Morgan fingerprint density at radius 1 is 0.828 bits per heavy atom. The van der Waals surface area contributed by atoms with Gasteiger partial charge in [0.1, 0.15) is 0 Å². The highest BCUT2D eigenvalue weighted by Gasteiger charge is 2.18. The maximum absolute atomic E-state index is 12.4. The molecule has 6 heteroatoms. The van der Waals surface area contributed by atoms with Crippen LogP contribution in [0.4, 0.5) is 17.3 Å². The number of benzene rings is 2. The molecule has 0 saturated carbocycles. The molecular formula is C23H25N5O. The van der Waals surface area contributed by atoms with Crippen LogP contribution in [-0.2, 0) is 0 Å². The van der Waals surface area contributed by atoms with Crippen LogP contribution in [0, 0.1) is 13.8 Å². The first-order valence-electron chi connectivity index (χ1n) is 9.87. The van der Waals surface area contributed by atoms with Crippen molar-refractivity contribution >= 4 is 23.2 Å². The molecule has 6 nitrogen and oxygen atoms in total. The Labute approximate surface area is 171 Å². The van der Waals surface area contributed by atoms with E-state index in [1.807, 2.05) is 50.2 Å². The second kappa shape index (κ2) is 8.31. The van der Waals surface area contributed by atoms with Crippen LogP contribution in [0.25, 0.3) is 0 Å². The van der Waals surface area contributed by atoms with E-state index < -0.39 is 0 Å². The number of anilines is 3. The van der Waals surface area contributed by atoms with E-state index in [1.54, 1.807) is 0 Å². The van der Waals surface area contributed by atoms with E-state index in [0.717, 1.165) is 43.1 Å². The summed E-state index contributed by atoms with van der Waals surface area (Å²) in [6.45, 7) is 7.68. The van der Waals surface area contributed by atoms with Gasteiger partial charge in [-0.3, -0.25) is 4.79 Å². The third-order valence-electron chi connectivity index (χ3n) is 5.39. The molecule has 1 aromatic heterocycles. The molecule has 2 aromatic carbocycles. The molecule has 0 aliphatic carbocycles. The van der Waals surface area contributed by atoms with Crippen molar-refractivity contribution in [1.82, 2.24) is 10.2 Å². The minimum Gasteiger partial charge on any atom is -0.368 e. The fourth-order valence-electron chi connectivity index (χ4n) is 3.46. The van der Waals surface area contributed by atoms with Crippen molar-refractivity contribution in [3.8, 4) is 0 Å². The fraction of sp³-hybridized carbons (Fsp3) is 0.261. The minimum atomic E-state index is -0.174. The maximum atomic E-state index is 12.4. The predicted octanol–water partition coefficient (Wildman–Crippen LogP) is 3.67. The molecule has 0 radical (unpaired) electrons. The van der Waals surface area contributed by atoms with E-state index in [0.29, 0.717) is 11.4 Å². The second-order valence-corrected chi connectivity index (χ2v) is 7.34. The Morgan fingerprint density at radius 3 is 2.21 bits per heavy atom. The highest BCUT2D eigenvalue weighted by atomic mass is 16.1. The van der Waals surface area contributed by atoms with Gasteiger partial charge in [-0.25, -0.2) is 0 Å². The molecule has 1 aliphatic heterocycles. The Hall–Kier alpha value is -3.41. The molecule has 0 spiro atoms. The van der Waals surface area contributed by atoms with Gasteiger partial charge >= 0.3 is 0 Å². The molecule has 2 heterocycles. The van der Waals surface area contributed by atoms with Crippen LogP contribution in [0.5, 0.6) is 0 Å². The number of para-hydroxylation sites is 1. The number of carbonyl (C=O) groups excluding carboxylic acids is 1. The summed E-state index contributed by atoms with van der Waals surface area (Å²) in [7, 11) is 0. The summed E-state index contributed by atoms with van der Waals surface area (Å²) in [5.41, 5.74) is 4.13. The number of piperazine rings is 1. The van der Waals surface area contributed by atoms with Crippen LogP contribution >= 0.6 is 0 Å². The summed E-state index contributed by atoms with van der Waals surface area (Å²) < 4.78 is 0. The van der Waals surface area contributed by atoms with Gasteiger partial charge in [0.15, 0.2) is 11.6 Å². The Balaban J connectivity index is 1.36. The maximum Gasteiger partial charge on any atom is 0.256 e. The third-order valence-corrected chi connectivity index (χ3v) is 5.39. The number of amides is 1. The van der Waals surface area contributed by atoms with Crippen LogP contribution in [0.3, 0.4) is 0 Å². The van der Waals surface area contributed by atoms with E-state index >= 15 is 0 Å². The molecule has 1 amide bonds. The summed E-state index contributed by atoms with van der Waals surface area (Å²) >= 11 is 0. The lowest BCUT2D eigenvalue weighted by atomic mass is 10.1. The normalized spacial score (nSPS) is 14.0. The minimum absolute atomic E-state index is 0.174. The van der Waals surface area contributed by atoms with E-state index in [-0.39, 0.29) is 5.91 Å². The smallest absolute Gasteiger partial charge is 0.256 e. The molecule has 0 bridgehead atoms. The van der Waals surface area contributed by atoms with Crippen molar-refractivity contribution < 1.29 is 4.79 Å². The van der Waals surface area contributed by atoms with Crippen molar-refractivity contribution in [2.75, 3.05) is 41.3 Å². The first kappa shape index (κ1) is 18.9. The van der Waals surface area contributed by atoms with Gasteiger partial charge in [-0.15, -0.1) is 10.2 Å². The third kappa shape index (κ3) is 4.37. The number of nitrogens with zero attached hydrogens (tertiary/aromatic N) is 4. The topological polar surface area (TPSA) is 61.4 Å². The summed E-state index contributed by atoms with van der Waals surface area (Å²) in [5.74, 6) is 1.12. The predicted molar refractivity (Wildman–Crippen MR) is 117 cm³/mol. The lowest BCUT2D eigenvalue weighted by Gasteiger charge is -2.36. The Kier molecular flexibility index (Phi) is 5.42. The first-order valence-corrected chi connectivity index (χ1v) is 9.87. The molecule has 1 aliphatic rings. The largest absolute Gasteiger partial charge is 0.368 e. The van der Waals surface area contributed by atoms with E-state index in [4.69, 9.17) is 0 Å². The average molecular weight is 387 g/mol. The quantitative estimate of drug-likeness (QED) is 0.740. The van der Waals surface area contributed by atoms with Gasteiger partial charge in [0.25, 0.3) is 5.91 Å². The SMILES string of the molecule is Cc1ccc(C(=O)Nc2ccc(N3CCN(c4ccccc4)CC3)nn2)cc1C. The number of aryl methyl sites for hydroxylation is 2. The van der Waals surface area contributed by atoms with Gasteiger partial charge in [-0.1, -0.05) is 24.3 Å². The number of aromatic nitrogens is 2. The number of hydrogen-bond donors (Lipinski definition) is 1. The monoisotopic (exact) mass is 387 g/mol. The van der Waals surface area contributed by atoms with Gasteiger partial charge < -0.3 is 15.1 Å². The molecule has 0 atom stereocenters. The second-order valence-electron chi connectivity index (χ2n) is 7.34. The molecule has 29 heavy (non-hydrogen) atoms. The Morgan fingerprint density at radius 2 is 1.55 bits per heavy atom. The number of rotatable bonds is 4. The highest BCUT2D eigenvalue weighted by Crippen LogP contribution is 2.19. The van der Waals surface area contributed by atoms with E-state index in [2.05, 4.69) is 49.6 Å². The zero-order valence-corrected chi connectivity index (χ0v) is 16.8.